The minimum atomic E-state index is -0.704. The summed E-state index contributed by atoms with van der Waals surface area (Å²) in [7, 11) is 3.44. The Bertz CT molecular complexity index is 692. The molecule has 0 radical (unpaired) electrons. The van der Waals surface area contributed by atoms with E-state index in [1.165, 1.54) is 13.2 Å². The van der Waals surface area contributed by atoms with Crippen molar-refractivity contribution in [3.05, 3.63) is 35.5 Å². The van der Waals surface area contributed by atoms with E-state index in [-0.39, 0.29) is 5.89 Å². The third-order valence-electron chi connectivity index (χ3n) is 3.82. The topological polar surface area (TPSA) is 58.7 Å². The van der Waals surface area contributed by atoms with Gasteiger partial charge in [0.05, 0.1) is 24.0 Å². The van der Waals surface area contributed by atoms with E-state index in [1.807, 2.05) is 14.0 Å². The van der Waals surface area contributed by atoms with Crippen LogP contribution in [0.25, 0.3) is 11.5 Å². The molecule has 0 unspecified atom stereocenters. The summed E-state index contributed by atoms with van der Waals surface area (Å²) in [4.78, 5) is 6.48. The van der Waals surface area contributed by atoms with Crippen LogP contribution in [0, 0.1) is 12.7 Å². The molecule has 0 amide bonds. The van der Waals surface area contributed by atoms with Crippen molar-refractivity contribution in [1.29, 1.82) is 0 Å². The number of halogens is 1. The van der Waals surface area contributed by atoms with Gasteiger partial charge in [0.2, 0.25) is 5.89 Å². The van der Waals surface area contributed by atoms with E-state index < -0.39 is 11.4 Å². The molecule has 0 aliphatic rings. The summed E-state index contributed by atoms with van der Waals surface area (Å²) in [5.74, 6) is 0.942. The molecule has 132 valence electrons. The van der Waals surface area contributed by atoms with Crippen LogP contribution in [0.5, 0.6) is 5.75 Å². The third kappa shape index (κ3) is 4.79. The summed E-state index contributed by atoms with van der Waals surface area (Å²) in [6.07, 6.45) is 0.653. The third-order valence-corrected chi connectivity index (χ3v) is 3.82. The number of aliphatic hydroxyl groups is 1. The predicted octanol–water partition coefficient (Wildman–Crippen LogP) is 3.39. The van der Waals surface area contributed by atoms with Crippen molar-refractivity contribution in [2.24, 2.45) is 0 Å². The first-order valence-corrected chi connectivity index (χ1v) is 7.91. The number of hydrogen-bond donors (Lipinski definition) is 1. The number of nitrogens with zero attached hydrogens (tertiary/aromatic N) is 2. The highest BCUT2D eigenvalue weighted by Crippen LogP contribution is 2.27. The summed E-state index contributed by atoms with van der Waals surface area (Å²) in [6.45, 7) is 6.68. The minimum Gasteiger partial charge on any atom is -0.497 e. The van der Waals surface area contributed by atoms with E-state index in [9.17, 15) is 9.50 Å². The second kappa shape index (κ2) is 7.32. The summed E-state index contributed by atoms with van der Waals surface area (Å²) in [5.41, 5.74) is 0.368. The van der Waals surface area contributed by atoms with Crippen LogP contribution >= 0.6 is 0 Å². The van der Waals surface area contributed by atoms with E-state index >= 15 is 0 Å². The van der Waals surface area contributed by atoms with Crippen molar-refractivity contribution in [2.45, 2.75) is 39.3 Å². The highest BCUT2D eigenvalue weighted by Gasteiger charge is 2.18. The van der Waals surface area contributed by atoms with Crippen molar-refractivity contribution in [3.63, 3.8) is 0 Å². The van der Waals surface area contributed by atoms with Gasteiger partial charge >= 0.3 is 0 Å². The van der Waals surface area contributed by atoms with Gasteiger partial charge in [-0.15, -0.1) is 0 Å². The van der Waals surface area contributed by atoms with Gasteiger partial charge in [0.15, 0.2) is 0 Å². The molecule has 1 N–H and O–H groups in total. The number of methoxy groups -OCH3 is 1. The Morgan fingerprint density at radius 2 is 2.08 bits per heavy atom. The Balaban J connectivity index is 2.12. The first-order chi connectivity index (χ1) is 11.2. The fourth-order valence-corrected chi connectivity index (χ4v) is 2.29. The zero-order valence-corrected chi connectivity index (χ0v) is 14.9. The Hall–Kier alpha value is -1.92. The smallest absolute Gasteiger partial charge is 0.229 e. The van der Waals surface area contributed by atoms with Crippen molar-refractivity contribution in [1.82, 2.24) is 9.88 Å². The standard InChI is InChI=1S/C18H25FN2O3/c1-12-16(11-21(4)9-8-18(2,3)22)20-17(24-12)14-7-6-13(23-5)10-15(14)19/h6-7,10,22H,8-9,11H2,1-5H3. The number of rotatable bonds is 7. The average Bonchev–Trinajstić information content (AvgIpc) is 2.85. The van der Waals surface area contributed by atoms with Crippen LogP contribution < -0.4 is 4.74 Å². The first kappa shape index (κ1) is 18.4. The van der Waals surface area contributed by atoms with Gasteiger partial charge in [-0.3, -0.25) is 0 Å². The van der Waals surface area contributed by atoms with Crippen molar-refractivity contribution in [2.75, 3.05) is 20.7 Å². The molecule has 5 nitrogen and oxygen atoms in total. The number of aromatic nitrogens is 1. The Labute approximate surface area is 142 Å². The van der Waals surface area contributed by atoms with Crippen LogP contribution in [0.2, 0.25) is 0 Å². The number of benzene rings is 1. The summed E-state index contributed by atoms with van der Waals surface area (Å²) in [5, 5.41) is 9.80. The molecule has 0 bridgehead atoms. The maximum absolute atomic E-state index is 14.2. The lowest BCUT2D eigenvalue weighted by Crippen LogP contribution is -2.28. The van der Waals surface area contributed by atoms with Gasteiger partial charge in [-0.05, 0) is 46.4 Å². The molecular weight excluding hydrogens is 311 g/mol. The Kier molecular flexibility index (Phi) is 5.62. The quantitative estimate of drug-likeness (QED) is 0.840. The maximum atomic E-state index is 14.2. The number of hydrogen-bond acceptors (Lipinski definition) is 5. The Morgan fingerprint density at radius 3 is 2.67 bits per heavy atom. The maximum Gasteiger partial charge on any atom is 0.229 e. The van der Waals surface area contributed by atoms with E-state index in [0.717, 1.165) is 12.2 Å². The van der Waals surface area contributed by atoms with E-state index in [0.29, 0.717) is 30.0 Å². The van der Waals surface area contributed by atoms with Crippen LogP contribution in [0.4, 0.5) is 4.39 Å². The number of oxazole rings is 1. The van der Waals surface area contributed by atoms with Crippen LogP contribution in [0.15, 0.2) is 22.6 Å². The van der Waals surface area contributed by atoms with Gasteiger partial charge < -0.3 is 19.2 Å². The zero-order valence-electron chi connectivity index (χ0n) is 14.9. The molecule has 1 heterocycles. The predicted molar refractivity (Wildman–Crippen MR) is 90.4 cm³/mol. The summed E-state index contributed by atoms with van der Waals surface area (Å²) in [6, 6.07) is 4.58. The van der Waals surface area contributed by atoms with Gasteiger partial charge in [-0.1, -0.05) is 0 Å². The normalized spacial score (nSPS) is 12.0. The fraction of sp³-hybridized carbons (Fsp3) is 0.500. The molecule has 0 spiro atoms. The molecule has 1 aromatic carbocycles. The van der Waals surface area contributed by atoms with E-state index in [1.54, 1.807) is 26.0 Å². The van der Waals surface area contributed by atoms with E-state index in [4.69, 9.17) is 9.15 Å². The summed E-state index contributed by atoms with van der Waals surface area (Å²) < 4.78 is 24.8. The van der Waals surface area contributed by atoms with Gasteiger partial charge in [-0.25, -0.2) is 9.37 Å². The molecule has 0 aliphatic carbocycles. The van der Waals surface area contributed by atoms with Crippen LogP contribution in [-0.2, 0) is 6.54 Å². The van der Waals surface area contributed by atoms with Gasteiger partial charge in [0.1, 0.15) is 17.3 Å². The largest absolute Gasteiger partial charge is 0.497 e. The fourth-order valence-electron chi connectivity index (χ4n) is 2.29. The highest BCUT2D eigenvalue weighted by molar-refractivity contribution is 5.56. The molecule has 1 aromatic heterocycles. The first-order valence-electron chi connectivity index (χ1n) is 7.91. The van der Waals surface area contributed by atoms with Crippen molar-refractivity contribution >= 4 is 0 Å². The molecule has 0 atom stereocenters. The Morgan fingerprint density at radius 1 is 1.38 bits per heavy atom. The molecule has 0 saturated carbocycles. The monoisotopic (exact) mass is 336 g/mol. The lowest BCUT2D eigenvalue weighted by atomic mass is 10.1. The molecule has 2 rings (SSSR count). The van der Waals surface area contributed by atoms with Crippen LogP contribution in [-0.4, -0.2) is 41.3 Å². The molecule has 0 saturated heterocycles. The van der Waals surface area contributed by atoms with Crippen molar-refractivity contribution in [3.8, 4) is 17.2 Å². The molecular formula is C18H25FN2O3. The number of aryl methyl sites for hydroxylation is 1. The number of ether oxygens (including phenoxy) is 1. The SMILES string of the molecule is COc1ccc(-c2nc(CN(C)CCC(C)(C)O)c(C)o2)c(F)c1. The lowest BCUT2D eigenvalue weighted by Gasteiger charge is -2.22. The molecule has 6 heteroatoms. The van der Waals surface area contributed by atoms with Gasteiger partial charge in [0.25, 0.3) is 0 Å². The van der Waals surface area contributed by atoms with Crippen LogP contribution in [0.3, 0.4) is 0 Å². The zero-order chi connectivity index (χ0) is 17.9. The lowest BCUT2D eigenvalue weighted by molar-refractivity contribution is 0.0598. The second-order valence-corrected chi connectivity index (χ2v) is 6.67. The summed E-state index contributed by atoms with van der Waals surface area (Å²) >= 11 is 0. The second-order valence-electron chi connectivity index (χ2n) is 6.67. The minimum absolute atomic E-state index is 0.263. The van der Waals surface area contributed by atoms with Crippen molar-refractivity contribution < 1.29 is 18.7 Å². The molecule has 24 heavy (non-hydrogen) atoms. The average molecular weight is 336 g/mol. The molecule has 2 aromatic rings. The van der Waals surface area contributed by atoms with Crippen LogP contribution in [0.1, 0.15) is 31.7 Å². The highest BCUT2D eigenvalue weighted by atomic mass is 19.1. The van der Waals surface area contributed by atoms with Gasteiger partial charge in [-0.2, -0.15) is 0 Å². The van der Waals surface area contributed by atoms with Gasteiger partial charge in [0, 0.05) is 19.2 Å². The van der Waals surface area contributed by atoms with E-state index in [2.05, 4.69) is 9.88 Å². The molecule has 0 fully saturated rings. The molecule has 0 aliphatic heterocycles.